The zero-order chi connectivity index (χ0) is 18.9. The Morgan fingerprint density at radius 3 is 2.04 bits per heavy atom. The number of fused-ring (bicyclic) bond motifs is 1. The number of rotatable bonds is 3. The van der Waals surface area contributed by atoms with Gasteiger partial charge in [0.1, 0.15) is 0 Å². The molecule has 0 spiro atoms. The summed E-state index contributed by atoms with van der Waals surface area (Å²) in [5.41, 5.74) is 5.27. The largest absolute Gasteiger partial charge is 0.253 e. The summed E-state index contributed by atoms with van der Waals surface area (Å²) in [5, 5.41) is 5.35. The molecule has 0 saturated carbocycles. The Bertz CT molecular complexity index is 1240. The molecule has 0 bridgehead atoms. The second-order valence-corrected chi connectivity index (χ2v) is 6.86. The molecule has 2 heterocycles. The first-order valence-electron chi connectivity index (χ1n) is 8.91. The van der Waals surface area contributed by atoms with Gasteiger partial charge in [-0.3, -0.25) is 0 Å². The van der Waals surface area contributed by atoms with E-state index in [1.165, 1.54) is 11.1 Å². The summed E-state index contributed by atoms with van der Waals surface area (Å²) in [6, 6.07) is 28.2. The number of nitrogens with zero attached hydrogens (tertiary/aromatic N) is 4. The van der Waals surface area contributed by atoms with Gasteiger partial charge in [-0.2, -0.15) is 9.50 Å². The van der Waals surface area contributed by atoms with Crippen LogP contribution in [0.1, 0.15) is 0 Å². The van der Waals surface area contributed by atoms with E-state index >= 15 is 0 Å². The van der Waals surface area contributed by atoms with Crippen molar-refractivity contribution in [1.82, 2.24) is 19.6 Å². The van der Waals surface area contributed by atoms with Gasteiger partial charge in [0.05, 0.1) is 5.69 Å². The first kappa shape index (κ1) is 16.7. The molecule has 28 heavy (non-hydrogen) atoms. The maximum Gasteiger partial charge on any atom is 0.253 e. The molecule has 0 aliphatic heterocycles. The van der Waals surface area contributed by atoms with Crippen LogP contribution in [-0.4, -0.2) is 19.6 Å². The molecule has 3 aromatic carbocycles. The van der Waals surface area contributed by atoms with Gasteiger partial charge in [-0.05, 0) is 41.5 Å². The van der Waals surface area contributed by atoms with Crippen molar-refractivity contribution in [2.75, 3.05) is 0 Å². The number of benzene rings is 3. The van der Waals surface area contributed by atoms with Gasteiger partial charge < -0.3 is 0 Å². The summed E-state index contributed by atoms with van der Waals surface area (Å²) in [4.78, 5) is 8.92. The number of hydrogen-bond acceptors (Lipinski definition) is 3. The molecule has 4 nitrogen and oxygen atoms in total. The van der Waals surface area contributed by atoms with Crippen molar-refractivity contribution in [2.24, 2.45) is 0 Å². The highest BCUT2D eigenvalue weighted by atomic mass is 35.5. The van der Waals surface area contributed by atoms with Crippen molar-refractivity contribution in [3.05, 3.63) is 96.1 Å². The van der Waals surface area contributed by atoms with Crippen molar-refractivity contribution in [1.29, 1.82) is 0 Å². The van der Waals surface area contributed by atoms with Crippen LogP contribution in [0.2, 0.25) is 5.02 Å². The van der Waals surface area contributed by atoms with Crippen LogP contribution in [0.4, 0.5) is 0 Å². The SMILES string of the molecule is Clc1ccc(-c2nc3nccc(-c4ccc(-c5ccccc5)cc4)n3n2)cc1. The van der Waals surface area contributed by atoms with Crippen LogP contribution in [0.15, 0.2) is 91.1 Å². The molecule has 5 heteroatoms. The Morgan fingerprint density at radius 1 is 0.643 bits per heavy atom. The van der Waals surface area contributed by atoms with Gasteiger partial charge >= 0.3 is 0 Å². The Hall–Kier alpha value is -3.50. The fourth-order valence-electron chi connectivity index (χ4n) is 3.20. The normalized spacial score (nSPS) is 11.0. The van der Waals surface area contributed by atoms with E-state index in [0.717, 1.165) is 16.8 Å². The third-order valence-electron chi connectivity index (χ3n) is 4.63. The predicted molar refractivity (Wildman–Crippen MR) is 112 cm³/mol. The zero-order valence-corrected chi connectivity index (χ0v) is 15.6. The van der Waals surface area contributed by atoms with Crippen LogP contribution in [0.5, 0.6) is 0 Å². The fourth-order valence-corrected chi connectivity index (χ4v) is 3.32. The molecule has 5 aromatic rings. The van der Waals surface area contributed by atoms with Gasteiger partial charge in [0.15, 0.2) is 5.82 Å². The molecule has 0 unspecified atom stereocenters. The standard InChI is InChI=1S/C23H15ClN4/c24-20-12-10-19(11-13-20)22-26-23-25-15-14-21(28(23)27-22)18-8-6-17(7-9-18)16-4-2-1-3-5-16/h1-15H. The molecule has 2 aromatic heterocycles. The van der Waals surface area contributed by atoms with Crippen LogP contribution in [-0.2, 0) is 0 Å². The molecule has 0 aliphatic rings. The minimum atomic E-state index is 0.564. The lowest BCUT2D eigenvalue weighted by Crippen LogP contribution is -1.96. The van der Waals surface area contributed by atoms with Crippen molar-refractivity contribution < 1.29 is 0 Å². The summed E-state index contributed by atoms with van der Waals surface area (Å²) < 4.78 is 1.78. The first-order chi connectivity index (χ1) is 13.8. The molecule has 0 N–H and O–H groups in total. The van der Waals surface area contributed by atoms with E-state index in [9.17, 15) is 0 Å². The Morgan fingerprint density at radius 2 is 1.29 bits per heavy atom. The van der Waals surface area contributed by atoms with E-state index in [-0.39, 0.29) is 0 Å². The quantitative estimate of drug-likeness (QED) is 0.397. The fraction of sp³-hybridized carbons (Fsp3) is 0. The van der Waals surface area contributed by atoms with Crippen molar-refractivity contribution in [3.63, 3.8) is 0 Å². The average molecular weight is 383 g/mol. The smallest absolute Gasteiger partial charge is 0.220 e. The van der Waals surface area contributed by atoms with E-state index in [0.29, 0.717) is 16.6 Å². The van der Waals surface area contributed by atoms with Crippen molar-refractivity contribution in [2.45, 2.75) is 0 Å². The minimum absolute atomic E-state index is 0.564. The molecular formula is C23H15ClN4. The third-order valence-corrected chi connectivity index (χ3v) is 4.88. The maximum absolute atomic E-state index is 5.98. The molecule has 5 rings (SSSR count). The lowest BCUT2D eigenvalue weighted by atomic mass is 10.0. The van der Waals surface area contributed by atoms with Gasteiger partial charge in [-0.15, -0.1) is 5.10 Å². The molecule has 0 fully saturated rings. The average Bonchev–Trinajstić information content (AvgIpc) is 3.19. The highest BCUT2D eigenvalue weighted by molar-refractivity contribution is 6.30. The first-order valence-corrected chi connectivity index (χ1v) is 9.29. The summed E-state index contributed by atoms with van der Waals surface area (Å²) in [6.45, 7) is 0. The van der Waals surface area contributed by atoms with E-state index < -0.39 is 0 Å². The highest BCUT2D eigenvalue weighted by Gasteiger charge is 2.11. The highest BCUT2D eigenvalue weighted by Crippen LogP contribution is 2.26. The summed E-state index contributed by atoms with van der Waals surface area (Å²) >= 11 is 5.98. The van der Waals surface area contributed by atoms with Crippen LogP contribution < -0.4 is 0 Å². The second-order valence-electron chi connectivity index (χ2n) is 6.43. The zero-order valence-electron chi connectivity index (χ0n) is 14.8. The van der Waals surface area contributed by atoms with Crippen LogP contribution >= 0.6 is 11.6 Å². The Kier molecular flexibility index (Phi) is 4.11. The van der Waals surface area contributed by atoms with Gasteiger partial charge in [-0.1, -0.05) is 66.2 Å². The number of hydrogen-bond donors (Lipinski definition) is 0. The molecule has 0 radical (unpaired) electrons. The predicted octanol–water partition coefficient (Wildman–Crippen LogP) is 5.78. The molecule has 0 aliphatic carbocycles. The molecule has 0 amide bonds. The molecule has 0 atom stereocenters. The molecular weight excluding hydrogens is 368 g/mol. The van der Waals surface area contributed by atoms with E-state index in [2.05, 4.69) is 51.5 Å². The summed E-state index contributed by atoms with van der Waals surface area (Å²) in [5.74, 6) is 1.19. The van der Waals surface area contributed by atoms with Crippen molar-refractivity contribution in [3.8, 4) is 33.8 Å². The van der Waals surface area contributed by atoms with Crippen LogP contribution in [0.3, 0.4) is 0 Å². The maximum atomic E-state index is 5.98. The lowest BCUT2D eigenvalue weighted by Gasteiger charge is -2.06. The molecule has 134 valence electrons. The Labute approximate surface area is 167 Å². The molecule has 0 saturated heterocycles. The third kappa shape index (κ3) is 3.04. The van der Waals surface area contributed by atoms with E-state index in [1.54, 1.807) is 10.7 Å². The summed E-state index contributed by atoms with van der Waals surface area (Å²) in [7, 11) is 0. The van der Waals surface area contributed by atoms with Crippen LogP contribution in [0.25, 0.3) is 39.5 Å². The lowest BCUT2D eigenvalue weighted by molar-refractivity contribution is 0.951. The summed E-state index contributed by atoms with van der Waals surface area (Å²) in [6.07, 6.45) is 1.76. The van der Waals surface area contributed by atoms with E-state index in [1.807, 2.05) is 48.5 Å². The minimum Gasteiger partial charge on any atom is -0.220 e. The number of aromatic nitrogens is 4. The van der Waals surface area contributed by atoms with Crippen LogP contribution in [0, 0.1) is 0 Å². The van der Waals surface area contributed by atoms with E-state index in [4.69, 9.17) is 11.6 Å². The van der Waals surface area contributed by atoms with Gasteiger partial charge in [0, 0.05) is 22.3 Å². The van der Waals surface area contributed by atoms with Gasteiger partial charge in [0.25, 0.3) is 5.78 Å². The second kappa shape index (κ2) is 6.91. The Balaban J connectivity index is 1.56. The topological polar surface area (TPSA) is 43.1 Å². The van der Waals surface area contributed by atoms with Gasteiger partial charge in [0.2, 0.25) is 0 Å². The monoisotopic (exact) mass is 382 g/mol. The van der Waals surface area contributed by atoms with Gasteiger partial charge in [-0.25, -0.2) is 4.98 Å². The number of halogens is 1. The van der Waals surface area contributed by atoms with Crippen molar-refractivity contribution >= 4 is 17.4 Å².